The van der Waals surface area contributed by atoms with Gasteiger partial charge in [-0.15, -0.1) is 18.3 Å². The standard InChI is InChI=1S/C19H26OS/c1-5-9-16(20)18-14(2)17(12-13-19(18,3)4)21-15-10-7-6-8-11-15/h5-8,10-11,16-17,20H,1,9,12-13H2,2-4H3. The van der Waals surface area contributed by atoms with E-state index in [9.17, 15) is 5.11 Å². The van der Waals surface area contributed by atoms with Crippen LogP contribution in [0.15, 0.2) is 59.0 Å². The maximum Gasteiger partial charge on any atom is 0.0792 e. The van der Waals surface area contributed by atoms with Crippen molar-refractivity contribution in [3.63, 3.8) is 0 Å². The van der Waals surface area contributed by atoms with Gasteiger partial charge in [0, 0.05) is 10.1 Å². The predicted molar refractivity (Wildman–Crippen MR) is 92.6 cm³/mol. The molecule has 1 aromatic rings. The van der Waals surface area contributed by atoms with E-state index in [1.54, 1.807) is 0 Å². The number of hydrogen-bond acceptors (Lipinski definition) is 2. The lowest BCUT2D eigenvalue weighted by Gasteiger charge is -2.40. The molecule has 0 heterocycles. The maximum atomic E-state index is 10.5. The third-order valence-corrected chi connectivity index (χ3v) is 5.83. The number of benzene rings is 1. The van der Waals surface area contributed by atoms with Crippen molar-refractivity contribution in [2.45, 2.75) is 56.3 Å². The minimum atomic E-state index is -0.392. The van der Waals surface area contributed by atoms with E-state index in [0.717, 1.165) is 6.42 Å². The molecule has 21 heavy (non-hydrogen) atoms. The zero-order valence-electron chi connectivity index (χ0n) is 13.3. The van der Waals surface area contributed by atoms with Crippen LogP contribution in [-0.4, -0.2) is 16.5 Å². The monoisotopic (exact) mass is 302 g/mol. The van der Waals surface area contributed by atoms with E-state index < -0.39 is 6.10 Å². The van der Waals surface area contributed by atoms with Crippen LogP contribution in [0.3, 0.4) is 0 Å². The first kappa shape index (κ1) is 16.4. The lowest BCUT2D eigenvalue weighted by molar-refractivity contribution is 0.171. The highest BCUT2D eigenvalue weighted by Crippen LogP contribution is 2.47. The summed E-state index contributed by atoms with van der Waals surface area (Å²) >= 11 is 1.92. The van der Waals surface area contributed by atoms with E-state index >= 15 is 0 Å². The molecule has 2 unspecified atom stereocenters. The second-order valence-electron chi connectivity index (χ2n) is 6.48. The van der Waals surface area contributed by atoms with Crippen molar-refractivity contribution < 1.29 is 5.11 Å². The van der Waals surface area contributed by atoms with Crippen molar-refractivity contribution in [2.75, 3.05) is 0 Å². The van der Waals surface area contributed by atoms with Gasteiger partial charge in [0.2, 0.25) is 0 Å². The van der Waals surface area contributed by atoms with Crippen LogP contribution >= 0.6 is 11.8 Å². The third-order valence-electron chi connectivity index (χ3n) is 4.41. The zero-order chi connectivity index (χ0) is 15.5. The molecule has 2 atom stereocenters. The largest absolute Gasteiger partial charge is 0.388 e. The maximum absolute atomic E-state index is 10.5. The minimum absolute atomic E-state index is 0.0836. The Labute approximate surface area is 133 Å². The third kappa shape index (κ3) is 3.81. The van der Waals surface area contributed by atoms with Crippen LogP contribution in [0, 0.1) is 5.41 Å². The summed E-state index contributed by atoms with van der Waals surface area (Å²) in [6.07, 6.45) is 4.35. The fourth-order valence-corrected chi connectivity index (χ4v) is 4.53. The van der Waals surface area contributed by atoms with E-state index in [4.69, 9.17) is 0 Å². The van der Waals surface area contributed by atoms with E-state index in [1.165, 1.54) is 22.5 Å². The fourth-order valence-electron chi connectivity index (χ4n) is 3.35. The molecule has 0 fully saturated rings. The number of aliphatic hydroxyl groups is 1. The fraction of sp³-hybridized carbons (Fsp3) is 0.474. The second kappa shape index (κ2) is 6.85. The van der Waals surface area contributed by atoms with Crippen LogP contribution < -0.4 is 0 Å². The summed E-state index contributed by atoms with van der Waals surface area (Å²) in [6, 6.07) is 10.5. The quantitative estimate of drug-likeness (QED) is 0.752. The summed E-state index contributed by atoms with van der Waals surface area (Å²) < 4.78 is 0. The second-order valence-corrected chi connectivity index (χ2v) is 7.76. The zero-order valence-corrected chi connectivity index (χ0v) is 14.1. The van der Waals surface area contributed by atoms with E-state index in [0.29, 0.717) is 11.7 Å². The van der Waals surface area contributed by atoms with Crippen molar-refractivity contribution in [1.29, 1.82) is 0 Å². The Morgan fingerprint density at radius 3 is 2.67 bits per heavy atom. The molecule has 114 valence electrons. The van der Waals surface area contributed by atoms with Gasteiger partial charge in [-0.25, -0.2) is 0 Å². The molecule has 0 amide bonds. The summed E-state index contributed by atoms with van der Waals surface area (Å²) in [4.78, 5) is 1.30. The molecule has 0 aromatic heterocycles. The van der Waals surface area contributed by atoms with Gasteiger partial charge in [0.1, 0.15) is 0 Å². The molecule has 2 heteroatoms. The van der Waals surface area contributed by atoms with E-state index in [1.807, 2.05) is 17.8 Å². The van der Waals surface area contributed by atoms with E-state index in [-0.39, 0.29) is 5.41 Å². The number of thioether (sulfide) groups is 1. The Bertz CT molecular complexity index is 516. The van der Waals surface area contributed by atoms with Crippen LogP contribution in [0.4, 0.5) is 0 Å². The summed E-state index contributed by atoms with van der Waals surface area (Å²) in [5, 5.41) is 11.0. The lowest BCUT2D eigenvalue weighted by atomic mass is 9.70. The molecule has 1 nitrogen and oxygen atoms in total. The normalized spacial score (nSPS) is 23.0. The molecule has 0 saturated carbocycles. The first-order valence-electron chi connectivity index (χ1n) is 7.67. The highest BCUT2D eigenvalue weighted by atomic mass is 32.2. The number of rotatable bonds is 5. The molecular weight excluding hydrogens is 276 g/mol. The average Bonchev–Trinajstić information content (AvgIpc) is 2.43. The molecule has 2 rings (SSSR count). The molecule has 0 radical (unpaired) electrons. The Morgan fingerprint density at radius 2 is 2.05 bits per heavy atom. The van der Waals surface area contributed by atoms with Gasteiger partial charge in [-0.05, 0) is 49.3 Å². The van der Waals surface area contributed by atoms with Crippen molar-refractivity contribution in [3.8, 4) is 0 Å². The highest BCUT2D eigenvalue weighted by Gasteiger charge is 2.36. The van der Waals surface area contributed by atoms with Crippen LogP contribution in [0.5, 0.6) is 0 Å². The Kier molecular flexibility index (Phi) is 5.34. The van der Waals surface area contributed by atoms with Gasteiger partial charge in [0.15, 0.2) is 0 Å². The van der Waals surface area contributed by atoms with Crippen molar-refractivity contribution in [3.05, 3.63) is 54.1 Å². The Hall–Kier alpha value is -0.990. The molecule has 1 aliphatic rings. The molecule has 0 bridgehead atoms. The number of aliphatic hydroxyl groups excluding tert-OH is 1. The van der Waals surface area contributed by atoms with Gasteiger partial charge in [0.25, 0.3) is 0 Å². The molecule has 1 aromatic carbocycles. The minimum Gasteiger partial charge on any atom is -0.388 e. The summed E-state index contributed by atoms with van der Waals surface area (Å²) in [5.74, 6) is 0. The first-order chi connectivity index (χ1) is 9.95. The van der Waals surface area contributed by atoms with Gasteiger partial charge in [-0.2, -0.15) is 0 Å². The molecule has 0 spiro atoms. The molecular formula is C19H26OS. The Balaban J connectivity index is 2.28. The van der Waals surface area contributed by atoms with Gasteiger partial charge in [-0.1, -0.05) is 43.7 Å². The van der Waals surface area contributed by atoms with Crippen molar-refractivity contribution >= 4 is 11.8 Å². The van der Waals surface area contributed by atoms with Crippen LogP contribution in [0.25, 0.3) is 0 Å². The van der Waals surface area contributed by atoms with Crippen LogP contribution in [0.2, 0.25) is 0 Å². The van der Waals surface area contributed by atoms with Gasteiger partial charge < -0.3 is 5.11 Å². The first-order valence-corrected chi connectivity index (χ1v) is 8.55. The molecule has 0 saturated heterocycles. The van der Waals surface area contributed by atoms with Gasteiger partial charge in [-0.3, -0.25) is 0 Å². The summed E-state index contributed by atoms with van der Waals surface area (Å²) in [5.41, 5.74) is 2.66. The topological polar surface area (TPSA) is 20.2 Å². The number of hydrogen-bond donors (Lipinski definition) is 1. The highest BCUT2D eigenvalue weighted by molar-refractivity contribution is 8.00. The predicted octanol–water partition coefficient (Wildman–Crippen LogP) is 5.22. The van der Waals surface area contributed by atoms with Gasteiger partial charge >= 0.3 is 0 Å². The molecule has 1 aliphatic carbocycles. The lowest BCUT2D eigenvalue weighted by Crippen LogP contribution is -2.33. The van der Waals surface area contributed by atoms with Crippen molar-refractivity contribution in [2.24, 2.45) is 5.41 Å². The average molecular weight is 302 g/mol. The van der Waals surface area contributed by atoms with Gasteiger partial charge in [0.05, 0.1) is 6.10 Å². The van der Waals surface area contributed by atoms with Crippen LogP contribution in [0.1, 0.15) is 40.0 Å². The van der Waals surface area contributed by atoms with Crippen LogP contribution in [-0.2, 0) is 0 Å². The SMILES string of the molecule is C=CCC(O)C1=C(C)C(Sc2ccccc2)CCC1(C)C. The molecule has 1 N–H and O–H groups in total. The summed E-state index contributed by atoms with van der Waals surface area (Å²) in [6.45, 7) is 10.5. The van der Waals surface area contributed by atoms with E-state index in [2.05, 4.69) is 57.7 Å². The Morgan fingerprint density at radius 1 is 1.38 bits per heavy atom. The molecule has 0 aliphatic heterocycles. The smallest absolute Gasteiger partial charge is 0.0792 e. The summed E-state index contributed by atoms with van der Waals surface area (Å²) in [7, 11) is 0. The van der Waals surface area contributed by atoms with Crippen molar-refractivity contribution in [1.82, 2.24) is 0 Å².